The van der Waals surface area contributed by atoms with Gasteiger partial charge >= 0.3 is 0 Å². The molecule has 1 atom stereocenters. The fourth-order valence-electron chi connectivity index (χ4n) is 1.74. The van der Waals surface area contributed by atoms with Crippen LogP contribution in [0, 0.1) is 5.92 Å². The number of hydrogen-bond donors (Lipinski definition) is 2. The van der Waals surface area contributed by atoms with Gasteiger partial charge in [0.15, 0.2) is 0 Å². The van der Waals surface area contributed by atoms with Gasteiger partial charge in [-0.1, -0.05) is 30.3 Å². The molecule has 0 spiro atoms. The van der Waals surface area contributed by atoms with Gasteiger partial charge < -0.3 is 9.87 Å². The lowest BCUT2D eigenvalue weighted by atomic mass is 10.0. The summed E-state index contributed by atoms with van der Waals surface area (Å²) in [6, 6.07) is 9.59. The second-order valence-electron chi connectivity index (χ2n) is 4.48. The van der Waals surface area contributed by atoms with Gasteiger partial charge in [-0.2, -0.15) is 12.6 Å². The van der Waals surface area contributed by atoms with Gasteiger partial charge in [-0.15, -0.1) is 0 Å². The number of rotatable bonds is 8. The summed E-state index contributed by atoms with van der Waals surface area (Å²) < 4.78 is 31.3. The lowest BCUT2D eigenvalue weighted by Crippen LogP contribution is -2.34. The number of hydrogen-bond acceptors (Lipinski definition) is 5. The van der Waals surface area contributed by atoms with Crippen LogP contribution in [-0.2, 0) is 21.3 Å². The van der Waals surface area contributed by atoms with E-state index >= 15 is 0 Å². The van der Waals surface area contributed by atoms with Crippen LogP contribution in [-0.4, -0.2) is 36.9 Å². The van der Waals surface area contributed by atoms with Crippen molar-refractivity contribution in [3.8, 4) is 0 Å². The Kier molecular flexibility index (Phi) is 7.04. The van der Waals surface area contributed by atoms with Gasteiger partial charge in [0.1, 0.15) is 0 Å². The van der Waals surface area contributed by atoms with Crippen molar-refractivity contribution >= 4 is 28.7 Å². The van der Waals surface area contributed by atoms with E-state index in [9.17, 15) is 17.8 Å². The Morgan fingerprint density at radius 2 is 1.95 bits per heavy atom. The number of nitrogens with one attached hydrogen (secondary N) is 1. The number of thiol groups is 1. The molecule has 0 radical (unpaired) electrons. The van der Waals surface area contributed by atoms with Gasteiger partial charge in [0.2, 0.25) is 5.91 Å². The number of amides is 1. The quantitative estimate of drug-likeness (QED) is 0.422. The van der Waals surface area contributed by atoms with E-state index in [1.54, 1.807) is 0 Å². The second-order valence-corrected chi connectivity index (χ2v) is 6.36. The highest BCUT2D eigenvalue weighted by Gasteiger charge is 2.16. The fourth-order valence-corrected chi connectivity index (χ4v) is 2.54. The summed E-state index contributed by atoms with van der Waals surface area (Å²) in [5.74, 6) is -0.505. The van der Waals surface area contributed by atoms with Crippen LogP contribution in [0.15, 0.2) is 30.3 Å². The van der Waals surface area contributed by atoms with Crippen LogP contribution in [0.4, 0.5) is 0 Å². The maximum absolute atomic E-state index is 11.9. The summed E-state index contributed by atoms with van der Waals surface area (Å²) >= 11 is 4.17. The molecule has 7 heteroatoms. The summed E-state index contributed by atoms with van der Waals surface area (Å²) in [6.45, 7) is 0.180. The Morgan fingerprint density at radius 1 is 1.30 bits per heavy atom. The molecule has 0 aliphatic heterocycles. The zero-order valence-corrected chi connectivity index (χ0v) is 12.7. The Hall–Kier alpha value is -1.05. The van der Waals surface area contributed by atoms with Crippen molar-refractivity contribution in [3.63, 3.8) is 0 Å². The molecule has 0 heterocycles. The minimum absolute atomic E-state index is 0.127. The van der Waals surface area contributed by atoms with E-state index in [0.29, 0.717) is 12.2 Å². The van der Waals surface area contributed by atoms with E-state index in [0.717, 1.165) is 5.56 Å². The average Bonchev–Trinajstić information content (AvgIpc) is 2.41. The molecule has 1 aromatic carbocycles. The fraction of sp³-hybridized carbons (Fsp3) is 0.462. The molecule has 0 saturated carbocycles. The van der Waals surface area contributed by atoms with E-state index in [1.807, 2.05) is 30.3 Å². The molecule has 1 amide bonds. The standard InChI is InChI=1S/C13H19NO4S2/c15-13(14-7-4-8-20(16,17)18)12(10-19)9-11-5-2-1-3-6-11/h1-3,5-6,12,19H,4,7-10H2,(H,14,15)(H,16,17,18)/p-1. The smallest absolute Gasteiger partial charge is 0.224 e. The molecule has 0 aliphatic carbocycles. The molecule has 112 valence electrons. The van der Waals surface area contributed by atoms with Crippen molar-refractivity contribution in [2.75, 3.05) is 18.1 Å². The molecule has 0 aliphatic rings. The van der Waals surface area contributed by atoms with Gasteiger partial charge in [-0.3, -0.25) is 4.79 Å². The third kappa shape index (κ3) is 6.93. The first-order valence-electron chi connectivity index (χ1n) is 6.28. The van der Waals surface area contributed by atoms with Crippen molar-refractivity contribution in [2.45, 2.75) is 12.8 Å². The van der Waals surface area contributed by atoms with Gasteiger partial charge in [0.05, 0.1) is 16.0 Å². The Balaban J connectivity index is 2.39. The molecule has 1 aromatic rings. The molecule has 0 bridgehead atoms. The zero-order chi connectivity index (χ0) is 15.0. The Morgan fingerprint density at radius 3 is 2.50 bits per heavy atom. The second kappa shape index (κ2) is 8.28. The first-order valence-corrected chi connectivity index (χ1v) is 8.49. The maximum atomic E-state index is 11.9. The van der Waals surface area contributed by atoms with E-state index in [1.165, 1.54) is 0 Å². The highest BCUT2D eigenvalue weighted by atomic mass is 32.2. The third-order valence-electron chi connectivity index (χ3n) is 2.79. The van der Waals surface area contributed by atoms with Crippen molar-refractivity contribution in [3.05, 3.63) is 35.9 Å². The molecule has 1 rings (SSSR count). The van der Waals surface area contributed by atoms with Gasteiger partial charge in [0, 0.05) is 18.1 Å². The van der Waals surface area contributed by atoms with E-state index in [4.69, 9.17) is 0 Å². The lowest BCUT2D eigenvalue weighted by Gasteiger charge is -2.15. The topological polar surface area (TPSA) is 86.3 Å². The van der Waals surface area contributed by atoms with Crippen LogP contribution >= 0.6 is 12.6 Å². The third-order valence-corrected chi connectivity index (χ3v) is 4.02. The Bertz CT molecular complexity index is 516. The lowest BCUT2D eigenvalue weighted by molar-refractivity contribution is -0.124. The molecule has 1 unspecified atom stereocenters. The van der Waals surface area contributed by atoms with Crippen molar-refractivity contribution < 1.29 is 17.8 Å². The number of carbonyl (C=O) groups excluding carboxylic acids is 1. The molecule has 5 nitrogen and oxygen atoms in total. The minimum Gasteiger partial charge on any atom is -0.748 e. The largest absolute Gasteiger partial charge is 0.748 e. The van der Waals surface area contributed by atoms with Gasteiger partial charge in [-0.25, -0.2) is 8.42 Å². The van der Waals surface area contributed by atoms with Crippen LogP contribution in [0.3, 0.4) is 0 Å². The van der Waals surface area contributed by atoms with Crippen molar-refractivity contribution in [2.24, 2.45) is 5.92 Å². The molecule has 0 fully saturated rings. The van der Waals surface area contributed by atoms with Crippen LogP contribution in [0.1, 0.15) is 12.0 Å². The maximum Gasteiger partial charge on any atom is 0.224 e. The molecular weight excluding hydrogens is 298 g/mol. The predicted molar refractivity (Wildman–Crippen MR) is 79.7 cm³/mol. The summed E-state index contributed by atoms with van der Waals surface area (Å²) in [6.07, 6.45) is 0.707. The first kappa shape index (κ1) is 17.0. The monoisotopic (exact) mass is 316 g/mol. The highest BCUT2D eigenvalue weighted by Crippen LogP contribution is 2.10. The van der Waals surface area contributed by atoms with E-state index in [2.05, 4.69) is 17.9 Å². The molecule has 0 saturated heterocycles. The highest BCUT2D eigenvalue weighted by molar-refractivity contribution is 7.85. The Labute approximate surface area is 124 Å². The SMILES string of the molecule is O=C(NCCCS(=O)(=O)[O-])C(CS)Cc1ccccc1. The average molecular weight is 316 g/mol. The normalized spacial score (nSPS) is 12.9. The van der Waals surface area contributed by atoms with Gasteiger partial charge in [-0.05, 0) is 18.4 Å². The minimum atomic E-state index is -4.21. The number of benzene rings is 1. The van der Waals surface area contributed by atoms with E-state index in [-0.39, 0.29) is 24.8 Å². The van der Waals surface area contributed by atoms with E-state index < -0.39 is 15.9 Å². The summed E-state index contributed by atoms with van der Waals surface area (Å²) in [5.41, 5.74) is 1.05. The van der Waals surface area contributed by atoms with Crippen LogP contribution in [0.2, 0.25) is 0 Å². The molecular formula is C13H18NO4S2-. The van der Waals surface area contributed by atoms with Crippen LogP contribution in [0.25, 0.3) is 0 Å². The predicted octanol–water partition coefficient (Wildman–Crippen LogP) is 0.827. The van der Waals surface area contributed by atoms with Crippen LogP contribution < -0.4 is 5.32 Å². The molecule has 20 heavy (non-hydrogen) atoms. The van der Waals surface area contributed by atoms with Gasteiger partial charge in [0.25, 0.3) is 0 Å². The summed E-state index contributed by atoms with van der Waals surface area (Å²) in [4.78, 5) is 11.9. The molecule has 0 aromatic heterocycles. The number of carbonyl (C=O) groups is 1. The summed E-state index contributed by atoms with van der Waals surface area (Å²) in [7, 11) is -4.21. The first-order chi connectivity index (χ1) is 9.42. The molecule has 1 N–H and O–H groups in total. The van der Waals surface area contributed by atoms with Crippen LogP contribution in [0.5, 0.6) is 0 Å². The summed E-state index contributed by atoms with van der Waals surface area (Å²) in [5, 5.41) is 2.64. The van der Waals surface area contributed by atoms with Crippen molar-refractivity contribution in [1.29, 1.82) is 0 Å². The zero-order valence-electron chi connectivity index (χ0n) is 11.0. The van der Waals surface area contributed by atoms with Crippen molar-refractivity contribution in [1.82, 2.24) is 5.32 Å².